The van der Waals surface area contributed by atoms with Gasteiger partial charge in [0.05, 0.1) is 0 Å². The van der Waals surface area contributed by atoms with Gasteiger partial charge in [-0.3, -0.25) is 0 Å². The summed E-state index contributed by atoms with van der Waals surface area (Å²) in [5.41, 5.74) is 1.17. The van der Waals surface area contributed by atoms with E-state index in [2.05, 4.69) is 6.08 Å². The number of hydrogen-bond acceptors (Lipinski definition) is 1. The fraction of sp³-hybridized carbons (Fsp3) is 0.200. The van der Waals surface area contributed by atoms with Gasteiger partial charge < -0.3 is 4.74 Å². The summed E-state index contributed by atoms with van der Waals surface area (Å²) in [6.07, 6.45) is 4.10. The second-order valence-electron chi connectivity index (χ2n) is 2.25. The molecule has 1 aromatic carbocycles. The van der Waals surface area contributed by atoms with Crippen molar-refractivity contribution >= 4 is 17.0 Å². The minimum absolute atomic E-state index is 0. The molecule has 0 atom stereocenters. The average Bonchev–Trinajstić information content (AvgIpc) is 2.05. The number of benzene rings is 1. The SMILES string of the molecule is C.C1=Cc2ccccc2OC1.[Cu].[Mo].[Si]. The molecule has 1 nitrogen and oxygen atoms in total. The summed E-state index contributed by atoms with van der Waals surface area (Å²) >= 11 is 0. The smallest absolute Gasteiger partial charge is 0.126 e. The minimum Gasteiger partial charge on any atom is -0.489 e. The first kappa shape index (κ1) is 19.7. The van der Waals surface area contributed by atoms with Crippen molar-refractivity contribution in [1.82, 2.24) is 0 Å². The average molecular weight is 336 g/mol. The van der Waals surface area contributed by atoms with Crippen LogP contribution < -0.4 is 4.74 Å². The van der Waals surface area contributed by atoms with Gasteiger partial charge in [-0.1, -0.05) is 31.7 Å². The molecule has 0 bridgehead atoms. The van der Waals surface area contributed by atoms with Crippen LogP contribution in [0, 0.1) is 0 Å². The predicted octanol–water partition coefficient (Wildman–Crippen LogP) is 2.34. The van der Waals surface area contributed by atoms with Crippen molar-refractivity contribution in [3.05, 3.63) is 35.9 Å². The molecule has 2 rings (SSSR count). The van der Waals surface area contributed by atoms with Crippen LogP contribution in [0.2, 0.25) is 0 Å². The van der Waals surface area contributed by atoms with Gasteiger partial charge >= 0.3 is 0 Å². The monoisotopic (exact) mass is 337 g/mol. The maximum Gasteiger partial charge on any atom is 0.126 e. The molecule has 0 fully saturated rings. The standard InChI is InChI=1S/C9H8O.CH4.Cu.Mo.Si/c1-2-6-9-8(4-1)5-3-7-10-9;;;;/h1-6H,7H2;1H4;;;. The van der Waals surface area contributed by atoms with E-state index in [0.717, 1.165) is 5.75 Å². The number of rotatable bonds is 0. The third kappa shape index (κ3) is 4.61. The van der Waals surface area contributed by atoms with Gasteiger partial charge in [-0.25, -0.2) is 0 Å². The van der Waals surface area contributed by atoms with Crippen molar-refractivity contribution in [2.75, 3.05) is 6.61 Å². The fourth-order valence-corrected chi connectivity index (χ4v) is 1.06. The zero-order chi connectivity index (χ0) is 6.81. The zero-order valence-electron chi connectivity index (χ0n) is 6.79. The Morgan fingerprint density at radius 1 is 1.14 bits per heavy atom. The van der Waals surface area contributed by atoms with Crippen LogP contribution in [0.15, 0.2) is 30.3 Å². The number of hydrogen-bond donors (Lipinski definition) is 0. The minimum atomic E-state index is 0. The van der Waals surface area contributed by atoms with E-state index in [4.69, 9.17) is 4.74 Å². The summed E-state index contributed by atoms with van der Waals surface area (Å²) in [5.74, 6) is 0.991. The van der Waals surface area contributed by atoms with E-state index in [1.54, 1.807) is 0 Å². The van der Waals surface area contributed by atoms with Gasteiger partial charge in [0.1, 0.15) is 12.4 Å². The van der Waals surface area contributed by atoms with Gasteiger partial charge in [0.25, 0.3) is 0 Å². The third-order valence-electron chi connectivity index (χ3n) is 1.55. The fourth-order valence-electron chi connectivity index (χ4n) is 1.06. The van der Waals surface area contributed by atoms with E-state index >= 15 is 0 Å². The van der Waals surface area contributed by atoms with E-state index in [1.807, 2.05) is 30.3 Å². The van der Waals surface area contributed by atoms with Crippen molar-refractivity contribution in [2.45, 2.75) is 7.43 Å². The molecule has 0 N–H and O–H groups in total. The first-order chi connectivity index (χ1) is 4.97. The molecular weight excluding hydrogens is 324 g/mol. The topological polar surface area (TPSA) is 9.23 Å². The predicted molar refractivity (Wildman–Crippen MR) is 53.5 cm³/mol. The molecule has 79 valence electrons. The summed E-state index contributed by atoms with van der Waals surface area (Å²) in [7, 11) is 0. The van der Waals surface area contributed by atoms with Crippen LogP contribution in [0.5, 0.6) is 5.75 Å². The van der Waals surface area contributed by atoms with Crippen LogP contribution in [-0.2, 0) is 38.1 Å². The van der Waals surface area contributed by atoms with Crippen LogP contribution in [0.1, 0.15) is 13.0 Å². The quantitative estimate of drug-likeness (QED) is 0.661. The second kappa shape index (κ2) is 9.73. The maximum atomic E-state index is 5.34. The largest absolute Gasteiger partial charge is 0.489 e. The molecule has 1 heterocycles. The molecule has 0 saturated carbocycles. The van der Waals surface area contributed by atoms with E-state index in [-0.39, 0.29) is 56.5 Å². The van der Waals surface area contributed by atoms with Crippen LogP contribution in [0.4, 0.5) is 0 Å². The Bertz CT molecular complexity index is 279. The van der Waals surface area contributed by atoms with Crippen molar-refractivity contribution in [3.63, 3.8) is 0 Å². The van der Waals surface area contributed by atoms with Crippen molar-refractivity contribution < 1.29 is 42.9 Å². The van der Waals surface area contributed by atoms with Crippen LogP contribution in [0.3, 0.4) is 0 Å². The Balaban J connectivity index is -0.000000302. The molecule has 0 saturated heterocycles. The summed E-state index contributed by atoms with van der Waals surface area (Å²) in [5, 5.41) is 0. The van der Waals surface area contributed by atoms with Gasteiger partial charge in [0.15, 0.2) is 0 Å². The number of ether oxygens (including phenoxy) is 1. The molecule has 5 radical (unpaired) electrons. The first-order valence-corrected chi connectivity index (χ1v) is 3.35. The summed E-state index contributed by atoms with van der Waals surface area (Å²) in [6.45, 7) is 0.705. The molecule has 4 heteroatoms. The second-order valence-corrected chi connectivity index (χ2v) is 2.25. The molecular formula is C10H12CuMoOSi. The Morgan fingerprint density at radius 3 is 2.43 bits per heavy atom. The number of fused-ring (bicyclic) bond motifs is 1. The summed E-state index contributed by atoms with van der Waals surface area (Å²) < 4.78 is 5.34. The van der Waals surface area contributed by atoms with Gasteiger partial charge in [0.2, 0.25) is 0 Å². The molecule has 1 aliphatic heterocycles. The first-order valence-electron chi connectivity index (χ1n) is 3.35. The molecule has 1 aliphatic rings. The van der Waals surface area contributed by atoms with Crippen molar-refractivity contribution in [1.29, 1.82) is 0 Å². The van der Waals surface area contributed by atoms with Crippen LogP contribution in [0.25, 0.3) is 6.08 Å². The molecule has 14 heavy (non-hydrogen) atoms. The molecule has 0 aromatic heterocycles. The summed E-state index contributed by atoms with van der Waals surface area (Å²) in [6, 6.07) is 8.03. The van der Waals surface area contributed by atoms with E-state index in [9.17, 15) is 0 Å². The third-order valence-corrected chi connectivity index (χ3v) is 1.55. The Morgan fingerprint density at radius 2 is 1.79 bits per heavy atom. The summed E-state index contributed by atoms with van der Waals surface area (Å²) in [4.78, 5) is 0. The Kier molecular flexibility index (Phi) is 13.7. The molecule has 0 spiro atoms. The normalized spacial score (nSPS) is 10.0. The van der Waals surface area contributed by atoms with Crippen molar-refractivity contribution in [3.8, 4) is 5.75 Å². The van der Waals surface area contributed by atoms with Crippen LogP contribution >= 0.6 is 0 Å². The van der Waals surface area contributed by atoms with Gasteiger partial charge in [-0.2, -0.15) is 0 Å². The molecule has 1 aromatic rings. The van der Waals surface area contributed by atoms with E-state index in [1.165, 1.54) is 5.56 Å². The van der Waals surface area contributed by atoms with Gasteiger partial charge in [-0.05, 0) is 12.1 Å². The Hall–Kier alpha value is 0.185. The number of para-hydroxylation sites is 1. The van der Waals surface area contributed by atoms with E-state index in [0.29, 0.717) is 6.61 Å². The van der Waals surface area contributed by atoms with Gasteiger partial charge in [-0.15, -0.1) is 0 Å². The molecule has 0 aliphatic carbocycles. The Labute approximate surface area is 115 Å². The van der Waals surface area contributed by atoms with Gasteiger partial charge in [0, 0.05) is 54.7 Å². The van der Waals surface area contributed by atoms with Crippen molar-refractivity contribution in [2.24, 2.45) is 0 Å². The molecule has 0 amide bonds. The maximum absolute atomic E-state index is 5.34. The molecule has 0 unspecified atom stereocenters. The zero-order valence-corrected chi connectivity index (χ0v) is 10.7. The van der Waals surface area contributed by atoms with E-state index < -0.39 is 0 Å². The van der Waals surface area contributed by atoms with Crippen LogP contribution in [-0.4, -0.2) is 17.6 Å².